The summed E-state index contributed by atoms with van der Waals surface area (Å²) in [6, 6.07) is 6.83. The van der Waals surface area contributed by atoms with E-state index in [1.54, 1.807) is 12.1 Å². The van der Waals surface area contributed by atoms with E-state index in [4.69, 9.17) is 5.11 Å². The van der Waals surface area contributed by atoms with Crippen molar-refractivity contribution in [1.82, 2.24) is 0 Å². The second-order valence-corrected chi connectivity index (χ2v) is 4.66. The van der Waals surface area contributed by atoms with Gasteiger partial charge < -0.3 is 10.2 Å². The number of benzene rings is 1. The van der Waals surface area contributed by atoms with Gasteiger partial charge in [-0.2, -0.15) is 0 Å². The fourth-order valence-electron chi connectivity index (χ4n) is 2.08. The van der Waals surface area contributed by atoms with Crippen LogP contribution < -0.4 is 0 Å². The summed E-state index contributed by atoms with van der Waals surface area (Å²) in [5.41, 5.74) is 1.32. The Morgan fingerprint density at radius 2 is 1.83 bits per heavy atom. The first-order valence-electron chi connectivity index (χ1n) is 6.63. The molecule has 100 valence electrons. The van der Waals surface area contributed by atoms with Gasteiger partial charge in [-0.3, -0.25) is 0 Å². The third kappa shape index (κ3) is 4.49. The minimum absolute atomic E-state index is 0.124. The first kappa shape index (κ1) is 14.7. The van der Waals surface area contributed by atoms with E-state index in [9.17, 15) is 9.90 Å². The predicted octanol–water partition coefficient (Wildman–Crippen LogP) is 3.43. The van der Waals surface area contributed by atoms with Crippen molar-refractivity contribution in [2.75, 3.05) is 6.61 Å². The Labute approximate surface area is 108 Å². The highest BCUT2D eigenvalue weighted by atomic mass is 16.4. The Morgan fingerprint density at radius 3 is 2.33 bits per heavy atom. The molecule has 18 heavy (non-hydrogen) atoms. The molecule has 0 spiro atoms. The van der Waals surface area contributed by atoms with Gasteiger partial charge in [-0.15, -0.1) is 0 Å². The lowest BCUT2D eigenvalue weighted by molar-refractivity contribution is 0.0697. The SMILES string of the molecule is CCCCCC[C@H](CO)c1ccc(C(=O)O)cc1. The highest BCUT2D eigenvalue weighted by molar-refractivity contribution is 5.87. The molecule has 1 atom stereocenters. The number of unbranched alkanes of at least 4 members (excludes halogenated alkanes) is 3. The summed E-state index contributed by atoms with van der Waals surface area (Å²) >= 11 is 0. The lowest BCUT2D eigenvalue weighted by Crippen LogP contribution is -2.05. The summed E-state index contributed by atoms with van der Waals surface area (Å²) < 4.78 is 0. The number of carboxylic acids is 1. The molecule has 0 unspecified atom stereocenters. The first-order valence-corrected chi connectivity index (χ1v) is 6.63. The number of aliphatic hydroxyl groups is 1. The van der Waals surface area contributed by atoms with Crippen molar-refractivity contribution in [3.05, 3.63) is 35.4 Å². The summed E-state index contributed by atoms with van der Waals surface area (Å²) in [5.74, 6) is -0.783. The molecule has 0 bridgehead atoms. The maximum Gasteiger partial charge on any atom is 0.335 e. The number of aromatic carboxylic acids is 1. The zero-order valence-corrected chi connectivity index (χ0v) is 10.9. The summed E-state index contributed by atoms with van der Waals surface area (Å²) in [5, 5.41) is 18.2. The molecule has 0 saturated heterocycles. The van der Waals surface area contributed by atoms with E-state index in [0.717, 1.165) is 18.4 Å². The minimum Gasteiger partial charge on any atom is -0.478 e. The predicted molar refractivity (Wildman–Crippen MR) is 72.0 cm³/mol. The van der Waals surface area contributed by atoms with Gasteiger partial charge in [-0.05, 0) is 24.1 Å². The maximum atomic E-state index is 10.7. The summed E-state index contributed by atoms with van der Waals surface area (Å²) in [7, 11) is 0. The third-order valence-corrected chi connectivity index (χ3v) is 3.26. The molecule has 3 nitrogen and oxygen atoms in total. The van der Waals surface area contributed by atoms with Crippen LogP contribution in [-0.2, 0) is 0 Å². The smallest absolute Gasteiger partial charge is 0.335 e. The van der Waals surface area contributed by atoms with Crippen LogP contribution in [-0.4, -0.2) is 22.8 Å². The van der Waals surface area contributed by atoms with Gasteiger partial charge in [0.25, 0.3) is 0 Å². The topological polar surface area (TPSA) is 57.5 Å². The van der Waals surface area contributed by atoms with Crippen molar-refractivity contribution in [3.8, 4) is 0 Å². The molecule has 3 heteroatoms. The molecular weight excluding hydrogens is 228 g/mol. The molecule has 0 aliphatic carbocycles. The van der Waals surface area contributed by atoms with Crippen molar-refractivity contribution >= 4 is 5.97 Å². The van der Waals surface area contributed by atoms with Gasteiger partial charge in [0.1, 0.15) is 0 Å². The number of aliphatic hydroxyl groups excluding tert-OH is 1. The third-order valence-electron chi connectivity index (χ3n) is 3.26. The zero-order chi connectivity index (χ0) is 13.4. The number of carboxylic acid groups (broad SMARTS) is 1. The van der Waals surface area contributed by atoms with Gasteiger partial charge in [-0.1, -0.05) is 44.7 Å². The average molecular weight is 250 g/mol. The Hall–Kier alpha value is -1.35. The molecule has 0 amide bonds. The van der Waals surface area contributed by atoms with E-state index >= 15 is 0 Å². The standard InChI is InChI=1S/C15H22O3/c1-2-3-4-5-6-14(11-16)12-7-9-13(10-8-12)15(17)18/h7-10,14,16H,2-6,11H2,1H3,(H,17,18)/t14-/m1/s1. The van der Waals surface area contributed by atoms with E-state index in [2.05, 4.69) is 6.92 Å². The van der Waals surface area contributed by atoms with E-state index in [1.165, 1.54) is 19.3 Å². The van der Waals surface area contributed by atoms with Crippen LogP contribution in [0.1, 0.15) is 60.9 Å². The molecule has 0 aromatic heterocycles. The van der Waals surface area contributed by atoms with Crippen LogP contribution in [0.3, 0.4) is 0 Å². The molecule has 0 saturated carbocycles. The zero-order valence-electron chi connectivity index (χ0n) is 10.9. The van der Waals surface area contributed by atoms with E-state index < -0.39 is 5.97 Å². The average Bonchev–Trinajstić information content (AvgIpc) is 2.39. The number of hydrogen-bond acceptors (Lipinski definition) is 2. The normalized spacial score (nSPS) is 12.3. The van der Waals surface area contributed by atoms with Gasteiger partial charge in [0.15, 0.2) is 0 Å². The monoisotopic (exact) mass is 250 g/mol. The van der Waals surface area contributed by atoms with Crippen molar-refractivity contribution in [2.24, 2.45) is 0 Å². The van der Waals surface area contributed by atoms with Gasteiger partial charge in [0.2, 0.25) is 0 Å². The second kappa shape index (κ2) is 7.88. The molecule has 1 aromatic carbocycles. The fraction of sp³-hybridized carbons (Fsp3) is 0.533. The lowest BCUT2D eigenvalue weighted by atomic mass is 9.93. The molecule has 0 radical (unpaired) electrons. The van der Waals surface area contributed by atoms with Crippen LogP contribution in [0.4, 0.5) is 0 Å². The number of rotatable bonds is 8. The van der Waals surface area contributed by atoms with Crippen LogP contribution in [0.2, 0.25) is 0 Å². The van der Waals surface area contributed by atoms with Crippen molar-refractivity contribution in [2.45, 2.75) is 44.9 Å². The van der Waals surface area contributed by atoms with Gasteiger partial charge in [-0.25, -0.2) is 4.79 Å². The van der Waals surface area contributed by atoms with Crippen LogP contribution in [0.5, 0.6) is 0 Å². The van der Waals surface area contributed by atoms with Crippen LogP contribution in [0.25, 0.3) is 0 Å². The summed E-state index contributed by atoms with van der Waals surface area (Å²) in [6.45, 7) is 2.30. The van der Waals surface area contributed by atoms with Gasteiger partial charge in [0.05, 0.1) is 5.56 Å². The van der Waals surface area contributed by atoms with Crippen LogP contribution in [0, 0.1) is 0 Å². The van der Waals surface area contributed by atoms with Gasteiger partial charge in [0, 0.05) is 12.5 Å². The van der Waals surface area contributed by atoms with Gasteiger partial charge >= 0.3 is 5.97 Å². The maximum absolute atomic E-state index is 10.7. The van der Waals surface area contributed by atoms with Crippen LogP contribution in [0.15, 0.2) is 24.3 Å². The highest BCUT2D eigenvalue weighted by Crippen LogP contribution is 2.22. The minimum atomic E-state index is -0.912. The molecule has 2 N–H and O–H groups in total. The molecule has 1 aromatic rings. The summed E-state index contributed by atoms with van der Waals surface area (Å²) in [6.07, 6.45) is 5.70. The molecular formula is C15H22O3. The fourth-order valence-corrected chi connectivity index (χ4v) is 2.08. The second-order valence-electron chi connectivity index (χ2n) is 4.66. The van der Waals surface area contributed by atoms with Crippen LogP contribution >= 0.6 is 0 Å². The van der Waals surface area contributed by atoms with E-state index in [1.807, 2.05) is 12.1 Å². The molecule has 0 fully saturated rings. The molecule has 0 heterocycles. The van der Waals surface area contributed by atoms with Crippen molar-refractivity contribution < 1.29 is 15.0 Å². The Bertz CT molecular complexity index is 357. The van der Waals surface area contributed by atoms with Crippen molar-refractivity contribution in [1.29, 1.82) is 0 Å². The molecule has 0 aliphatic rings. The largest absolute Gasteiger partial charge is 0.478 e. The van der Waals surface area contributed by atoms with Crippen molar-refractivity contribution in [3.63, 3.8) is 0 Å². The summed E-state index contributed by atoms with van der Waals surface area (Å²) in [4.78, 5) is 10.7. The highest BCUT2D eigenvalue weighted by Gasteiger charge is 2.11. The number of hydrogen-bond donors (Lipinski definition) is 2. The Kier molecular flexibility index (Phi) is 6.44. The van der Waals surface area contributed by atoms with E-state index in [0.29, 0.717) is 5.56 Å². The molecule has 1 rings (SSSR count). The Morgan fingerprint density at radius 1 is 1.17 bits per heavy atom. The lowest BCUT2D eigenvalue weighted by Gasteiger charge is -2.14. The number of carbonyl (C=O) groups is 1. The Balaban J connectivity index is 2.56. The molecule has 0 aliphatic heterocycles. The quantitative estimate of drug-likeness (QED) is 0.695. The first-order chi connectivity index (χ1) is 8.69. The van der Waals surface area contributed by atoms with E-state index in [-0.39, 0.29) is 12.5 Å².